The first kappa shape index (κ1) is 17.4. The highest BCUT2D eigenvalue weighted by Crippen LogP contribution is 2.21. The van der Waals surface area contributed by atoms with Crippen molar-refractivity contribution in [3.05, 3.63) is 41.3 Å². The van der Waals surface area contributed by atoms with Crippen LogP contribution < -0.4 is 4.72 Å². The summed E-state index contributed by atoms with van der Waals surface area (Å²) in [6, 6.07) is 8.09. The van der Waals surface area contributed by atoms with Crippen LogP contribution in [0.2, 0.25) is 0 Å². The summed E-state index contributed by atoms with van der Waals surface area (Å²) in [6.07, 6.45) is 1.47. The number of hydrogen-bond acceptors (Lipinski definition) is 4. The van der Waals surface area contributed by atoms with Crippen molar-refractivity contribution in [1.29, 1.82) is 0 Å². The van der Waals surface area contributed by atoms with E-state index in [4.69, 9.17) is 0 Å². The van der Waals surface area contributed by atoms with Gasteiger partial charge in [0.05, 0.1) is 7.11 Å². The molecule has 0 aliphatic carbocycles. The summed E-state index contributed by atoms with van der Waals surface area (Å²) in [4.78, 5) is 11.7. The Kier molecular flexibility index (Phi) is 5.69. The first-order valence-electron chi connectivity index (χ1n) is 6.49. The Hall–Kier alpha value is -1.66. The fourth-order valence-corrected chi connectivity index (χ4v) is 2.83. The Balaban J connectivity index is 2.92. The number of carbonyl (C=O) groups excluding carboxylic acids is 1. The number of nitrogens with one attached hydrogen (secondary N) is 1. The van der Waals surface area contributed by atoms with Crippen molar-refractivity contribution >= 4 is 22.1 Å². The van der Waals surface area contributed by atoms with Crippen LogP contribution in [0, 0.1) is 5.41 Å². The molecule has 1 N–H and O–H groups in total. The van der Waals surface area contributed by atoms with Crippen LogP contribution in [0.1, 0.15) is 26.3 Å². The van der Waals surface area contributed by atoms with Crippen molar-refractivity contribution in [3.63, 3.8) is 0 Å². The molecule has 0 aromatic heterocycles. The molecule has 21 heavy (non-hydrogen) atoms. The van der Waals surface area contributed by atoms with Gasteiger partial charge in [0.1, 0.15) is 6.04 Å². The predicted molar refractivity (Wildman–Crippen MR) is 82.8 cm³/mol. The lowest BCUT2D eigenvalue weighted by Crippen LogP contribution is -2.49. The Morgan fingerprint density at radius 1 is 1.24 bits per heavy atom. The van der Waals surface area contributed by atoms with Gasteiger partial charge in [0.25, 0.3) is 0 Å². The fraction of sp³-hybridized carbons (Fsp3) is 0.400. The molecule has 0 aliphatic rings. The van der Waals surface area contributed by atoms with E-state index in [2.05, 4.69) is 9.46 Å². The molecule has 0 saturated carbocycles. The first-order chi connectivity index (χ1) is 9.65. The standard InChI is InChI=1S/C15H21NO4S/c1-15(2,3)13(14(17)20-4)16-21(18,19)11-10-12-8-6-5-7-9-12/h5-11,13,16H,1-4H3/b11-10+. The second-order valence-corrected chi connectivity index (χ2v) is 7.30. The Morgan fingerprint density at radius 2 is 1.81 bits per heavy atom. The highest BCUT2D eigenvalue weighted by atomic mass is 32.2. The van der Waals surface area contributed by atoms with Crippen molar-refractivity contribution in [2.24, 2.45) is 5.41 Å². The largest absolute Gasteiger partial charge is 0.468 e. The average Bonchev–Trinajstić information content (AvgIpc) is 2.42. The van der Waals surface area contributed by atoms with Gasteiger partial charge in [-0.2, -0.15) is 4.72 Å². The van der Waals surface area contributed by atoms with Gasteiger partial charge in [-0.3, -0.25) is 4.79 Å². The molecule has 0 amide bonds. The molecule has 5 nitrogen and oxygen atoms in total. The van der Waals surface area contributed by atoms with Gasteiger partial charge in [0.15, 0.2) is 0 Å². The molecule has 6 heteroatoms. The summed E-state index contributed by atoms with van der Waals surface area (Å²) >= 11 is 0. The summed E-state index contributed by atoms with van der Waals surface area (Å²) in [5.74, 6) is -0.612. The Labute approximate surface area is 126 Å². The van der Waals surface area contributed by atoms with Crippen LogP contribution in [0.4, 0.5) is 0 Å². The normalized spacial score (nSPS) is 14.1. The lowest BCUT2D eigenvalue weighted by molar-refractivity contribution is -0.145. The van der Waals surface area contributed by atoms with E-state index < -0.39 is 27.4 Å². The minimum atomic E-state index is -3.75. The zero-order valence-corrected chi connectivity index (χ0v) is 13.5. The van der Waals surface area contributed by atoms with Gasteiger partial charge in [-0.05, 0) is 17.1 Å². The Bertz CT molecular complexity index is 600. The van der Waals surface area contributed by atoms with Gasteiger partial charge >= 0.3 is 5.97 Å². The van der Waals surface area contributed by atoms with E-state index in [0.717, 1.165) is 11.0 Å². The Morgan fingerprint density at radius 3 is 2.29 bits per heavy atom. The maximum atomic E-state index is 12.1. The number of rotatable bonds is 5. The van der Waals surface area contributed by atoms with Gasteiger partial charge in [0, 0.05) is 5.41 Å². The van der Waals surface area contributed by atoms with Gasteiger partial charge in [-0.25, -0.2) is 8.42 Å². The number of hydrogen-bond donors (Lipinski definition) is 1. The van der Waals surface area contributed by atoms with E-state index in [9.17, 15) is 13.2 Å². The van der Waals surface area contributed by atoms with Gasteiger partial charge in [-0.15, -0.1) is 0 Å². The summed E-state index contributed by atoms with van der Waals surface area (Å²) in [5.41, 5.74) is 0.161. The maximum absolute atomic E-state index is 12.1. The first-order valence-corrected chi connectivity index (χ1v) is 8.03. The fourth-order valence-electron chi connectivity index (χ4n) is 1.63. The van der Waals surface area contributed by atoms with E-state index in [-0.39, 0.29) is 0 Å². The lowest BCUT2D eigenvalue weighted by atomic mass is 9.87. The van der Waals surface area contributed by atoms with E-state index in [1.807, 2.05) is 18.2 Å². The summed E-state index contributed by atoms with van der Waals surface area (Å²) in [6.45, 7) is 5.29. The van der Waals surface area contributed by atoms with Crippen LogP contribution in [0.5, 0.6) is 0 Å². The molecule has 0 saturated heterocycles. The maximum Gasteiger partial charge on any atom is 0.324 e. The molecule has 0 heterocycles. The third-order valence-electron chi connectivity index (χ3n) is 2.82. The number of sulfonamides is 1. The van der Waals surface area contributed by atoms with Crippen molar-refractivity contribution in [2.45, 2.75) is 26.8 Å². The molecule has 1 atom stereocenters. The third-order valence-corrected chi connectivity index (χ3v) is 3.88. The lowest BCUT2D eigenvalue weighted by Gasteiger charge is -2.28. The summed E-state index contributed by atoms with van der Waals surface area (Å²) in [7, 11) is -2.52. The van der Waals surface area contributed by atoms with E-state index in [1.54, 1.807) is 32.9 Å². The number of benzene rings is 1. The average molecular weight is 311 g/mol. The van der Waals surface area contributed by atoms with Gasteiger partial charge in [-0.1, -0.05) is 51.1 Å². The molecule has 1 aromatic rings. The smallest absolute Gasteiger partial charge is 0.324 e. The quantitative estimate of drug-likeness (QED) is 0.846. The second kappa shape index (κ2) is 6.87. The van der Waals surface area contributed by atoms with E-state index in [0.29, 0.717) is 0 Å². The minimum absolute atomic E-state index is 0.596. The summed E-state index contributed by atoms with van der Waals surface area (Å²) < 4.78 is 31.2. The highest BCUT2D eigenvalue weighted by molar-refractivity contribution is 7.92. The zero-order chi connectivity index (χ0) is 16.1. The third kappa shape index (κ3) is 5.69. The SMILES string of the molecule is COC(=O)C(NS(=O)(=O)/C=C/c1ccccc1)C(C)(C)C. The van der Waals surface area contributed by atoms with Crippen LogP contribution in [0.15, 0.2) is 35.7 Å². The molecule has 1 rings (SSSR count). The predicted octanol–water partition coefficient (Wildman–Crippen LogP) is 2.16. The molecule has 1 unspecified atom stereocenters. The number of esters is 1. The van der Waals surface area contributed by atoms with Crippen molar-refractivity contribution in [3.8, 4) is 0 Å². The van der Waals surface area contributed by atoms with Crippen LogP contribution >= 0.6 is 0 Å². The van der Waals surface area contributed by atoms with Crippen molar-refractivity contribution in [2.75, 3.05) is 7.11 Å². The minimum Gasteiger partial charge on any atom is -0.468 e. The van der Waals surface area contributed by atoms with Crippen LogP contribution in [0.25, 0.3) is 6.08 Å². The molecule has 116 valence electrons. The zero-order valence-electron chi connectivity index (χ0n) is 12.7. The molecular weight excluding hydrogens is 290 g/mol. The van der Waals surface area contributed by atoms with Gasteiger partial charge in [0.2, 0.25) is 10.0 Å². The molecule has 0 bridgehead atoms. The summed E-state index contributed by atoms with van der Waals surface area (Å²) in [5, 5.41) is 1.05. The number of methoxy groups -OCH3 is 1. The van der Waals surface area contributed by atoms with Gasteiger partial charge < -0.3 is 4.74 Å². The molecule has 1 aromatic carbocycles. The van der Waals surface area contributed by atoms with E-state index >= 15 is 0 Å². The molecule has 0 aliphatic heterocycles. The van der Waals surface area contributed by atoms with Crippen molar-refractivity contribution in [1.82, 2.24) is 4.72 Å². The number of ether oxygens (including phenoxy) is 1. The topological polar surface area (TPSA) is 72.5 Å². The van der Waals surface area contributed by atoms with Crippen LogP contribution in [-0.2, 0) is 19.6 Å². The monoisotopic (exact) mass is 311 g/mol. The number of carbonyl (C=O) groups is 1. The highest BCUT2D eigenvalue weighted by Gasteiger charge is 2.34. The molecule has 0 fully saturated rings. The molecule has 0 radical (unpaired) electrons. The van der Waals surface area contributed by atoms with E-state index in [1.165, 1.54) is 13.2 Å². The van der Waals surface area contributed by atoms with Crippen LogP contribution in [0.3, 0.4) is 0 Å². The molecule has 0 spiro atoms. The molecular formula is C15H21NO4S. The van der Waals surface area contributed by atoms with Crippen molar-refractivity contribution < 1.29 is 17.9 Å². The second-order valence-electron chi connectivity index (χ2n) is 5.70. The van der Waals surface area contributed by atoms with Crippen LogP contribution in [-0.4, -0.2) is 27.5 Å².